The van der Waals surface area contributed by atoms with Crippen molar-refractivity contribution in [3.05, 3.63) is 106 Å². The number of anilines is 1. The van der Waals surface area contributed by atoms with Crippen molar-refractivity contribution in [3.63, 3.8) is 0 Å². The second-order valence-electron chi connectivity index (χ2n) is 8.41. The van der Waals surface area contributed by atoms with Gasteiger partial charge in [-0.05, 0) is 29.3 Å². The van der Waals surface area contributed by atoms with E-state index in [0.29, 0.717) is 22.6 Å². The van der Waals surface area contributed by atoms with E-state index in [-0.39, 0.29) is 10.7 Å². The van der Waals surface area contributed by atoms with Crippen molar-refractivity contribution in [1.82, 2.24) is 0 Å². The summed E-state index contributed by atoms with van der Waals surface area (Å²) in [5.41, 5.74) is 2.93. The third-order valence-electron chi connectivity index (χ3n) is 6.73. The molecular weight excluding hydrogens is 432 g/mol. The molecule has 2 aliphatic rings. The van der Waals surface area contributed by atoms with E-state index >= 15 is 0 Å². The first-order valence-corrected chi connectivity index (χ1v) is 11.1. The van der Waals surface area contributed by atoms with E-state index in [0.717, 1.165) is 11.3 Å². The highest BCUT2D eigenvalue weighted by Crippen LogP contribution is 2.48. The van der Waals surface area contributed by atoms with E-state index in [1.807, 2.05) is 47.4 Å². The summed E-state index contributed by atoms with van der Waals surface area (Å²) in [5.74, 6) is 0.132. The molecule has 2 aliphatic heterocycles. The van der Waals surface area contributed by atoms with Crippen molar-refractivity contribution >= 4 is 17.5 Å². The average molecular weight is 456 g/mol. The Hall–Kier alpha value is -4.13. The molecule has 3 aromatic rings. The lowest BCUT2D eigenvalue weighted by atomic mass is 9.83. The first kappa shape index (κ1) is 21.7. The number of hydrogen-bond donors (Lipinski definition) is 0. The molecule has 0 amide bonds. The van der Waals surface area contributed by atoms with E-state index in [1.165, 1.54) is 14.2 Å². The zero-order valence-electron chi connectivity index (χ0n) is 18.8. The van der Waals surface area contributed by atoms with Gasteiger partial charge in [0.1, 0.15) is 12.1 Å². The summed E-state index contributed by atoms with van der Waals surface area (Å²) in [7, 11) is 3.06. The molecule has 1 saturated heterocycles. The van der Waals surface area contributed by atoms with Gasteiger partial charge in [0.15, 0.2) is 17.3 Å². The molecule has 0 radical (unpaired) electrons. The highest BCUT2D eigenvalue weighted by atomic mass is 16.6. The minimum absolute atomic E-state index is 0.153. The highest BCUT2D eigenvalue weighted by molar-refractivity contribution is 6.04. The fourth-order valence-corrected chi connectivity index (χ4v) is 5.26. The number of nitro groups is 1. The molecule has 34 heavy (non-hydrogen) atoms. The predicted molar refractivity (Wildman–Crippen MR) is 129 cm³/mol. The molecule has 2 heterocycles. The van der Waals surface area contributed by atoms with Crippen LogP contribution in [-0.4, -0.2) is 43.1 Å². The van der Waals surface area contributed by atoms with Gasteiger partial charge in [-0.2, -0.15) is 0 Å². The van der Waals surface area contributed by atoms with Crippen LogP contribution in [0.4, 0.5) is 5.69 Å². The molecule has 7 nitrogen and oxygen atoms in total. The third-order valence-corrected chi connectivity index (χ3v) is 6.73. The number of Topliss-reactive ketones (excluding diaryl/α,β-unsaturated/α-hetero) is 1. The quantitative estimate of drug-likeness (QED) is 0.306. The Balaban J connectivity index is 1.73. The topological polar surface area (TPSA) is 81.9 Å². The maximum atomic E-state index is 14.0. The van der Waals surface area contributed by atoms with Gasteiger partial charge in [0.25, 0.3) is 0 Å². The number of ether oxygens (including phenoxy) is 2. The van der Waals surface area contributed by atoms with Crippen LogP contribution in [0.2, 0.25) is 0 Å². The summed E-state index contributed by atoms with van der Waals surface area (Å²) in [4.78, 5) is 28.2. The van der Waals surface area contributed by atoms with Crippen LogP contribution in [-0.2, 0) is 0 Å². The number of nitrogens with zero attached hydrogens (tertiary/aromatic N) is 2. The molecule has 1 fully saturated rings. The summed E-state index contributed by atoms with van der Waals surface area (Å²) in [6, 6.07) is 19.6. The lowest BCUT2D eigenvalue weighted by Crippen LogP contribution is -2.44. The normalized spacial score (nSPS) is 22.6. The number of hydrogen-bond acceptors (Lipinski definition) is 6. The number of methoxy groups -OCH3 is 2. The van der Waals surface area contributed by atoms with Gasteiger partial charge >= 0.3 is 0 Å². The van der Waals surface area contributed by atoms with Gasteiger partial charge in [-0.1, -0.05) is 66.7 Å². The fourth-order valence-electron chi connectivity index (χ4n) is 5.26. The summed E-state index contributed by atoms with van der Waals surface area (Å²) < 4.78 is 10.8. The molecule has 0 N–H and O–H groups in total. The molecular formula is C27H24N2O5. The summed E-state index contributed by atoms with van der Waals surface area (Å²) >= 11 is 0. The van der Waals surface area contributed by atoms with Crippen LogP contribution >= 0.6 is 0 Å². The van der Waals surface area contributed by atoms with Crippen molar-refractivity contribution in [3.8, 4) is 11.5 Å². The predicted octanol–water partition coefficient (Wildman–Crippen LogP) is 4.60. The van der Waals surface area contributed by atoms with E-state index in [1.54, 1.807) is 42.5 Å². The van der Waals surface area contributed by atoms with Gasteiger partial charge in [0.2, 0.25) is 6.04 Å². The van der Waals surface area contributed by atoms with Gasteiger partial charge in [-0.3, -0.25) is 14.9 Å². The molecule has 0 aromatic heterocycles. The van der Waals surface area contributed by atoms with Crippen LogP contribution in [0.1, 0.15) is 27.4 Å². The fraction of sp³-hybridized carbons (Fsp3) is 0.222. The number of carbonyl (C=O) groups is 1. The van der Waals surface area contributed by atoms with Crippen molar-refractivity contribution in [1.29, 1.82) is 0 Å². The number of benzene rings is 3. The maximum absolute atomic E-state index is 14.0. The van der Waals surface area contributed by atoms with Crippen LogP contribution in [0.5, 0.6) is 11.5 Å². The van der Waals surface area contributed by atoms with E-state index < -0.39 is 24.0 Å². The molecule has 0 spiro atoms. The molecule has 172 valence electrons. The van der Waals surface area contributed by atoms with Crippen LogP contribution in [0.3, 0.4) is 0 Å². The Morgan fingerprint density at radius 2 is 1.65 bits per heavy atom. The monoisotopic (exact) mass is 456 g/mol. The lowest BCUT2D eigenvalue weighted by molar-refractivity contribution is -0.524. The van der Waals surface area contributed by atoms with Crippen molar-refractivity contribution in [2.24, 2.45) is 0 Å². The highest BCUT2D eigenvalue weighted by Gasteiger charge is 2.59. The minimum atomic E-state index is -1.03. The summed E-state index contributed by atoms with van der Waals surface area (Å²) in [5, 5.41) is 12.5. The minimum Gasteiger partial charge on any atom is -0.493 e. The lowest BCUT2D eigenvalue weighted by Gasteiger charge is -2.34. The Morgan fingerprint density at radius 1 is 0.941 bits per heavy atom. The number of ketones is 1. The van der Waals surface area contributed by atoms with Gasteiger partial charge in [-0.25, -0.2) is 0 Å². The molecule has 3 aromatic carbocycles. The zero-order valence-corrected chi connectivity index (χ0v) is 18.8. The van der Waals surface area contributed by atoms with Crippen LogP contribution in [0.15, 0.2) is 78.9 Å². The smallest absolute Gasteiger partial charge is 0.245 e. The molecule has 0 aliphatic carbocycles. The summed E-state index contributed by atoms with van der Waals surface area (Å²) in [6.07, 6.45) is 3.76. The first-order chi connectivity index (χ1) is 16.5. The van der Waals surface area contributed by atoms with Gasteiger partial charge in [0, 0.05) is 16.2 Å². The average Bonchev–Trinajstić information content (AvgIpc) is 3.24. The van der Waals surface area contributed by atoms with E-state index in [9.17, 15) is 14.9 Å². The second-order valence-corrected chi connectivity index (χ2v) is 8.41. The number of fused-ring (bicyclic) bond motifs is 3. The zero-order chi connectivity index (χ0) is 23.8. The van der Waals surface area contributed by atoms with Gasteiger partial charge < -0.3 is 14.4 Å². The Morgan fingerprint density at radius 3 is 2.35 bits per heavy atom. The molecule has 7 heteroatoms. The molecule has 5 rings (SSSR count). The Kier molecular flexibility index (Phi) is 5.53. The van der Waals surface area contributed by atoms with E-state index in [2.05, 4.69) is 0 Å². The van der Waals surface area contributed by atoms with Crippen molar-refractivity contribution < 1.29 is 19.2 Å². The molecule has 4 atom stereocenters. The van der Waals surface area contributed by atoms with Crippen LogP contribution in [0.25, 0.3) is 6.08 Å². The largest absolute Gasteiger partial charge is 0.493 e. The van der Waals surface area contributed by atoms with Gasteiger partial charge in [-0.15, -0.1) is 0 Å². The number of para-hydroxylation sites is 1. The van der Waals surface area contributed by atoms with E-state index in [4.69, 9.17) is 9.47 Å². The molecule has 0 bridgehead atoms. The standard InChI is InChI=1S/C27H24N2O5/c1-33-22-15-13-19(16-23(22)34-2)24-25(29(31)32)21-14-12-17-8-6-7-11-20(17)28(21)26(24)27(30)18-9-4-3-5-10-18/h3-16,21,24-26H,1-2H3/t21-,24+,25+,26-/m1/s1. The summed E-state index contributed by atoms with van der Waals surface area (Å²) in [6.45, 7) is 0. The van der Waals surface area contributed by atoms with Gasteiger partial charge in [0.05, 0.1) is 20.1 Å². The number of carbonyl (C=O) groups excluding carboxylic acids is 1. The Labute approximate surface area is 197 Å². The Bertz CT molecular complexity index is 1270. The van der Waals surface area contributed by atoms with Crippen molar-refractivity contribution in [2.45, 2.75) is 24.0 Å². The molecule has 0 saturated carbocycles. The van der Waals surface area contributed by atoms with Crippen LogP contribution in [0, 0.1) is 10.1 Å². The number of rotatable bonds is 6. The molecule has 0 unspecified atom stereocenters. The van der Waals surface area contributed by atoms with Crippen LogP contribution < -0.4 is 14.4 Å². The SMILES string of the molecule is COc1ccc([C@H]2[C@@H]([N+](=O)[O-])[C@H]3C=Cc4ccccc4N3[C@H]2C(=O)c2ccccc2)cc1OC. The first-order valence-electron chi connectivity index (χ1n) is 11.1. The second kappa shape index (κ2) is 8.67. The third kappa shape index (κ3) is 3.41. The maximum Gasteiger partial charge on any atom is 0.245 e. The van der Waals surface area contributed by atoms with Crippen molar-refractivity contribution in [2.75, 3.05) is 19.1 Å².